The molecule has 0 aliphatic rings. The fourth-order valence-electron chi connectivity index (χ4n) is 1.59. The lowest BCUT2D eigenvalue weighted by Gasteiger charge is -2.17. The van der Waals surface area contributed by atoms with Crippen molar-refractivity contribution >= 4 is 47.8 Å². The summed E-state index contributed by atoms with van der Waals surface area (Å²) in [6.45, 7) is 0.681. The van der Waals surface area contributed by atoms with E-state index < -0.39 is 0 Å². The molecule has 0 aliphatic heterocycles. The molecule has 0 amide bonds. The first kappa shape index (κ1) is 15.4. The number of rotatable bonds is 5. The summed E-state index contributed by atoms with van der Waals surface area (Å²) in [5.41, 5.74) is 12.5. The van der Waals surface area contributed by atoms with E-state index in [9.17, 15) is 5.11 Å². The van der Waals surface area contributed by atoms with Gasteiger partial charge in [-0.25, -0.2) is 0 Å². The van der Waals surface area contributed by atoms with Crippen molar-refractivity contribution in [2.75, 3.05) is 6.54 Å². The van der Waals surface area contributed by atoms with E-state index >= 15 is 0 Å². The fraction of sp³-hybridized carbons (Fsp3) is 0.455. The molecular weight excluding hydrogens is 416 g/mol. The van der Waals surface area contributed by atoms with Gasteiger partial charge in [-0.05, 0) is 57.3 Å². The quantitative estimate of drug-likeness (QED) is 0.622. The number of phenolic OH excluding ortho intramolecular Hbond substituents is 1. The summed E-state index contributed by atoms with van der Waals surface area (Å²) in [5.74, 6) is 0.178. The van der Waals surface area contributed by atoms with E-state index in [0.29, 0.717) is 15.5 Å². The van der Waals surface area contributed by atoms with Crippen molar-refractivity contribution in [3.8, 4) is 5.75 Å². The predicted molar refractivity (Wildman–Crippen MR) is 81.0 cm³/mol. The zero-order chi connectivity index (χ0) is 13.0. The van der Waals surface area contributed by atoms with Gasteiger partial charge in [0.25, 0.3) is 0 Å². The summed E-state index contributed by atoms with van der Waals surface area (Å²) in [6.07, 6.45) is 2.79. The zero-order valence-corrected chi connectivity index (χ0v) is 14.0. The van der Waals surface area contributed by atoms with Gasteiger partial charge in [0.1, 0.15) is 5.75 Å². The van der Waals surface area contributed by atoms with Crippen molar-refractivity contribution in [3.63, 3.8) is 0 Å². The Hall–Kier alpha value is 0.380. The molecule has 17 heavy (non-hydrogen) atoms. The molecule has 0 aliphatic carbocycles. The van der Waals surface area contributed by atoms with Gasteiger partial charge in [0.05, 0.1) is 8.95 Å². The zero-order valence-electron chi connectivity index (χ0n) is 9.22. The Bertz CT molecular complexity index is 399. The molecule has 1 atom stereocenters. The summed E-state index contributed by atoms with van der Waals surface area (Å²) < 4.78 is 2.16. The Morgan fingerprint density at radius 3 is 2.41 bits per heavy atom. The molecule has 0 saturated heterocycles. The Morgan fingerprint density at radius 2 is 1.82 bits per heavy atom. The first-order chi connectivity index (χ1) is 7.99. The Labute approximate surface area is 126 Å². The van der Waals surface area contributed by atoms with Gasteiger partial charge in [-0.1, -0.05) is 22.4 Å². The molecule has 3 nitrogen and oxygen atoms in total. The van der Waals surface area contributed by atoms with E-state index in [1.54, 1.807) is 6.07 Å². The van der Waals surface area contributed by atoms with E-state index in [0.717, 1.165) is 29.3 Å². The molecule has 5 N–H and O–H groups in total. The average molecular weight is 431 g/mol. The van der Waals surface area contributed by atoms with Gasteiger partial charge in [0, 0.05) is 16.1 Å². The number of hydrogen-bond donors (Lipinski definition) is 3. The lowest BCUT2D eigenvalue weighted by atomic mass is 10.0. The smallest absolute Gasteiger partial charge is 0.144 e. The molecule has 1 rings (SSSR count). The van der Waals surface area contributed by atoms with E-state index in [4.69, 9.17) is 11.5 Å². The molecule has 6 heteroatoms. The maximum absolute atomic E-state index is 9.84. The highest BCUT2D eigenvalue weighted by atomic mass is 79.9. The van der Waals surface area contributed by atoms with Gasteiger partial charge in [0.2, 0.25) is 0 Å². The number of unbranched alkanes of at least 4 members (excludes halogenated alkanes) is 1. The van der Waals surface area contributed by atoms with Crippen LogP contribution in [0, 0.1) is 0 Å². The van der Waals surface area contributed by atoms with Crippen LogP contribution >= 0.6 is 47.8 Å². The fourth-order valence-corrected chi connectivity index (χ4v) is 4.30. The summed E-state index contributed by atoms with van der Waals surface area (Å²) in [4.78, 5) is 0. The first-order valence-electron chi connectivity index (χ1n) is 5.31. The largest absolute Gasteiger partial charge is 0.506 e. The topological polar surface area (TPSA) is 72.3 Å². The van der Waals surface area contributed by atoms with Crippen LogP contribution in [0.1, 0.15) is 30.9 Å². The number of halogens is 3. The van der Waals surface area contributed by atoms with Crippen molar-refractivity contribution in [1.29, 1.82) is 0 Å². The first-order valence-corrected chi connectivity index (χ1v) is 7.69. The average Bonchev–Trinajstić information content (AvgIpc) is 2.26. The summed E-state index contributed by atoms with van der Waals surface area (Å²) in [6, 6.07) is 1.68. The number of nitrogens with two attached hydrogens (primary N) is 2. The van der Waals surface area contributed by atoms with Gasteiger partial charge in [-0.3, -0.25) is 0 Å². The number of aromatic hydroxyl groups is 1. The van der Waals surface area contributed by atoms with Crippen LogP contribution in [0.5, 0.6) is 5.75 Å². The summed E-state index contributed by atoms with van der Waals surface area (Å²) in [5, 5.41) is 9.84. The van der Waals surface area contributed by atoms with E-state index in [-0.39, 0.29) is 11.8 Å². The summed E-state index contributed by atoms with van der Waals surface area (Å²) >= 11 is 10.1. The minimum atomic E-state index is -0.121. The highest BCUT2D eigenvalue weighted by Gasteiger charge is 2.18. The molecule has 1 aromatic rings. The highest BCUT2D eigenvalue weighted by Crippen LogP contribution is 2.42. The van der Waals surface area contributed by atoms with Crippen LogP contribution in [0.3, 0.4) is 0 Å². The van der Waals surface area contributed by atoms with Crippen LogP contribution < -0.4 is 11.5 Å². The molecule has 0 aromatic heterocycles. The van der Waals surface area contributed by atoms with Crippen molar-refractivity contribution in [2.24, 2.45) is 11.5 Å². The van der Waals surface area contributed by atoms with E-state index in [1.165, 1.54) is 0 Å². The van der Waals surface area contributed by atoms with E-state index in [1.807, 2.05) is 0 Å². The van der Waals surface area contributed by atoms with Crippen molar-refractivity contribution < 1.29 is 5.11 Å². The van der Waals surface area contributed by atoms with Crippen LogP contribution in [0.4, 0.5) is 0 Å². The SMILES string of the molecule is NCCCC[C@@H](N)c1c(Br)cc(Br)c(O)c1Br. The molecule has 0 radical (unpaired) electrons. The molecule has 0 saturated carbocycles. The Morgan fingerprint density at radius 1 is 1.18 bits per heavy atom. The molecule has 0 heterocycles. The highest BCUT2D eigenvalue weighted by molar-refractivity contribution is 9.11. The summed E-state index contributed by atoms with van der Waals surface area (Å²) in [7, 11) is 0. The number of phenols is 1. The Balaban J connectivity index is 2.93. The maximum Gasteiger partial charge on any atom is 0.144 e. The van der Waals surface area contributed by atoms with Gasteiger partial charge in [0.15, 0.2) is 0 Å². The van der Waals surface area contributed by atoms with Gasteiger partial charge in [-0.2, -0.15) is 0 Å². The lowest BCUT2D eigenvalue weighted by Crippen LogP contribution is -2.12. The van der Waals surface area contributed by atoms with Crippen LogP contribution in [0.2, 0.25) is 0 Å². The second kappa shape index (κ2) is 7.09. The van der Waals surface area contributed by atoms with Crippen molar-refractivity contribution in [1.82, 2.24) is 0 Å². The van der Waals surface area contributed by atoms with E-state index in [2.05, 4.69) is 47.8 Å². The Kier molecular flexibility index (Phi) is 6.44. The minimum Gasteiger partial charge on any atom is -0.506 e. The maximum atomic E-state index is 9.84. The minimum absolute atomic E-state index is 0.121. The van der Waals surface area contributed by atoms with Crippen LogP contribution in [0.15, 0.2) is 19.5 Å². The molecule has 0 fully saturated rings. The molecule has 96 valence electrons. The standard InChI is InChI=1S/C11H15Br3N2O/c12-6-5-7(13)11(17)10(14)9(6)8(16)3-1-2-4-15/h5,8,17H,1-4,15-16H2/t8-/m1/s1. The van der Waals surface area contributed by atoms with Crippen LogP contribution in [-0.2, 0) is 0 Å². The molecule has 0 bridgehead atoms. The van der Waals surface area contributed by atoms with Crippen molar-refractivity contribution in [3.05, 3.63) is 25.0 Å². The normalized spacial score (nSPS) is 12.8. The number of hydrogen-bond acceptors (Lipinski definition) is 3. The molecule has 1 aromatic carbocycles. The lowest BCUT2D eigenvalue weighted by molar-refractivity contribution is 0.465. The second-order valence-corrected chi connectivity index (χ2v) is 6.31. The molecule has 0 spiro atoms. The molecule has 0 unspecified atom stereocenters. The third kappa shape index (κ3) is 3.92. The molecular formula is C11H15Br3N2O. The third-order valence-electron chi connectivity index (χ3n) is 2.52. The van der Waals surface area contributed by atoms with Crippen molar-refractivity contribution in [2.45, 2.75) is 25.3 Å². The third-order valence-corrected chi connectivity index (χ3v) is 4.58. The van der Waals surface area contributed by atoms with Crippen LogP contribution in [-0.4, -0.2) is 11.7 Å². The number of benzene rings is 1. The predicted octanol–water partition coefficient (Wildman–Crippen LogP) is 3.81. The van der Waals surface area contributed by atoms with Gasteiger partial charge < -0.3 is 16.6 Å². The van der Waals surface area contributed by atoms with Gasteiger partial charge in [-0.15, -0.1) is 0 Å². The van der Waals surface area contributed by atoms with Gasteiger partial charge >= 0.3 is 0 Å². The second-order valence-electron chi connectivity index (χ2n) is 3.81. The monoisotopic (exact) mass is 428 g/mol. The van der Waals surface area contributed by atoms with Crippen LogP contribution in [0.25, 0.3) is 0 Å².